The molecule has 1 aromatic carbocycles. The van der Waals surface area contributed by atoms with Crippen molar-refractivity contribution in [2.24, 2.45) is 5.92 Å². The smallest absolute Gasteiger partial charge is 0.315 e. The number of nitrogens with one attached hydrogen (secondary N) is 1. The molecule has 2 N–H and O–H groups in total. The van der Waals surface area contributed by atoms with Crippen molar-refractivity contribution in [1.29, 1.82) is 0 Å². The van der Waals surface area contributed by atoms with Crippen LogP contribution in [0, 0.1) is 5.92 Å². The zero-order chi connectivity index (χ0) is 15.6. The maximum atomic E-state index is 12.3. The van der Waals surface area contributed by atoms with E-state index < -0.39 is 23.8 Å². The molecule has 0 spiro atoms. The summed E-state index contributed by atoms with van der Waals surface area (Å²) >= 11 is 6.10. The average Bonchev–Trinajstić information content (AvgIpc) is 2.46. The Morgan fingerprint density at radius 1 is 1.43 bits per heavy atom. The van der Waals surface area contributed by atoms with Gasteiger partial charge in [-0.15, -0.1) is 0 Å². The third-order valence-electron chi connectivity index (χ3n) is 3.44. The molecule has 0 saturated carbocycles. The second-order valence-corrected chi connectivity index (χ2v) is 5.21. The van der Waals surface area contributed by atoms with Crippen LogP contribution in [0.3, 0.4) is 0 Å². The Hall–Kier alpha value is -2.08. The second-order valence-electron chi connectivity index (χ2n) is 4.81. The molecule has 0 aliphatic carbocycles. The van der Waals surface area contributed by atoms with E-state index in [1.807, 2.05) is 0 Å². The molecule has 1 heterocycles. The molecule has 2 rings (SSSR count). The van der Waals surface area contributed by atoms with E-state index in [2.05, 4.69) is 5.32 Å². The maximum Gasteiger partial charge on any atom is 0.315 e. The van der Waals surface area contributed by atoms with Crippen LogP contribution in [0.4, 0.5) is 0 Å². The highest BCUT2D eigenvalue weighted by molar-refractivity contribution is 6.31. The number of halogens is 1. The zero-order valence-corrected chi connectivity index (χ0v) is 12.1. The standard InChI is InChI=1S/C14H15ClN2O4/c1-8(14(20)21)13(19)17-7-6-16-12(18)11(17)9-4-2-3-5-10(9)15/h2-5,8,11H,6-7H2,1H3,(H,16,18)(H,20,21)/t8-,11-/m1/s1. The van der Waals surface area contributed by atoms with Crippen LogP contribution in [0.5, 0.6) is 0 Å². The van der Waals surface area contributed by atoms with E-state index in [1.165, 1.54) is 11.8 Å². The summed E-state index contributed by atoms with van der Waals surface area (Å²) in [7, 11) is 0. The number of nitrogens with zero attached hydrogens (tertiary/aromatic N) is 1. The fraction of sp³-hybridized carbons (Fsp3) is 0.357. The van der Waals surface area contributed by atoms with E-state index in [9.17, 15) is 14.4 Å². The van der Waals surface area contributed by atoms with Crippen molar-refractivity contribution in [2.75, 3.05) is 13.1 Å². The molecule has 6 nitrogen and oxygen atoms in total. The summed E-state index contributed by atoms with van der Waals surface area (Å²) in [6.07, 6.45) is 0. The van der Waals surface area contributed by atoms with Gasteiger partial charge in [-0.2, -0.15) is 0 Å². The lowest BCUT2D eigenvalue weighted by Gasteiger charge is -2.36. The number of carboxylic acid groups (broad SMARTS) is 1. The minimum absolute atomic E-state index is 0.248. The molecule has 1 saturated heterocycles. The number of carbonyl (C=O) groups excluding carboxylic acids is 2. The summed E-state index contributed by atoms with van der Waals surface area (Å²) in [6, 6.07) is 5.82. The van der Waals surface area contributed by atoms with Crippen LogP contribution in [0.2, 0.25) is 5.02 Å². The van der Waals surface area contributed by atoms with Crippen molar-refractivity contribution in [1.82, 2.24) is 10.2 Å². The van der Waals surface area contributed by atoms with Gasteiger partial charge in [-0.05, 0) is 13.0 Å². The number of hydrogen-bond acceptors (Lipinski definition) is 3. The minimum Gasteiger partial charge on any atom is -0.481 e. The fourth-order valence-electron chi connectivity index (χ4n) is 2.26. The molecular weight excluding hydrogens is 296 g/mol. The summed E-state index contributed by atoms with van der Waals surface area (Å²) in [5.74, 6) is -3.38. The first-order valence-corrected chi connectivity index (χ1v) is 6.86. The fourth-order valence-corrected chi connectivity index (χ4v) is 2.50. The van der Waals surface area contributed by atoms with Gasteiger partial charge in [-0.3, -0.25) is 14.4 Å². The van der Waals surface area contributed by atoms with Gasteiger partial charge < -0.3 is 15.3 Å². The van der Waals surface area contributed by atoms with Gasteiger partial charge >= 0.3 is 5.97 Å². The topological polar surface area (TPSA) is 86.7 Å². The van der Waals surface area contributed by atoms with Gasteiger partial charge in [0.05, 0.1) is 0 Å². The SMILES string of the molecule is C[C@@H](C(=O)O)C(=O)N1CCNC(=O)[C@H]1c1ccccc1Cl. The molecular formula is C14H15ClN2O4. The van der Waals surface area contributed by atoms with E-state index in [-0.39, 0.29) is 19.0 Å². The number of piperazine rings is 1. The number of benzene rings is 1. The summed E-state index contributed by atoms with van der Waals surface area (Å²) in [6.45, 7) is 1.84. The molecule has 1 aliphatic rings. The second kappa shape index (κ2) is 6.13. The number of hydrogen-bond donors (Lipinski definition) is 2. The van der Waals surface area contributed by atoms with Crippen LogP contribution >= 0.6 is 11.6 Å². The van der Waals surface area contributed by atoms with Crippen LogP contribution in [0.1, 0.15) is 18.5 Å². The predicted molar refractivity (Wildman–Crippen MR) is 75.7 cm³/mol. The molecule has 21 heavy (non-hydrogen) atoms. The number of aliphatic carboxylic acids is 1. The minimum atomic E-state index is -1.22. The van der Waals surface area contributed by atoms with Gasteiger partial charge in [0.2, 0.25) is 11.8 Å². The van der Waals surface area contributed by atoms with Crippen molar-refractivity contribution < 1.29 is 19.5 Å². The van der Waals surface area contributed by atoms with Crippen LogP contribution in [-0.2, 0) is 14.4 Å². The lowest BCUT2D eigenvalue weighted by molar-refractivity contribution is -0.155. The predicted octanol–water partition coefficient (Wildman–Crippen LogP) is 1.06. The molecule has 2 amide bonds. The van der Waals surface area contributed by atoms with Crippen LogP contribution < -0.4 is 5.32 Å². The van der Waals surface area contributed by atoms with E-state index >= 15 is 0 Å². The van der Waals surface area contributed by atoms with Crippen molar-refractivity contribution in [2.45, 2.75) is 13.0 Å². The molecule has 0 bridgehead atoms. The van der Waals surface area contributed by atoms with Crippen LogP contribution in [0.25, 0.3) is 0 Å². The van der Waals surface area contributed by atoms with Gasteiger partial charge in [-0.1, -0.05) is 29.8 Å². The monoisotopic (exact) mass is 310 g/mol. The highest BCUT2D eigenvalue weighted by Crippen LogP contribution is 2.30. The van der Waals surface area contributed by atoms with Gasteiger partial charge in [0.25, 0.3) is 0 Å². The molecule has 7 heteroatoms. The molecule has 0 radical (unpaired) electrons. The third kappa shape index (κ3) is 3.00. The van der Waals surface area contributed by atoms with Crippen molar-refractivity contribution in [3.05, 3.63) is 34.9 Å². The lowest BCUT2D eigenvalue weighted by atomic mass is 10.00. The van der Waals surface area contributed by atoms with E-state index in [1.54, 1.807) is 24.3 Å². The number of carboxylic acids is 1. The Morgan fingerprint density at radius 3 is 2.71 bits per heavy atom. The molecule has 1 aromatic rings. The number of rotatable bonds is 3. The molecule has 1 fully saturated rings. The highest BCUT2D eigenvalue weighted by atomic mass is 35.5. The highest BCUT2D eigenvalue weighted by Gasteiger charge is 2.38. The van der Waals surface area contributed by atoms with Crippen molar-refractivity contribution in [3.63, 3.8) is 0 Å². The van der Waals surface area contributed by atoms with E-state index in [0.717, 1.165) is 0 Å². The molecule has 1 aliphatic heterocycles. The molecule has 0 aromatic heterocycles. The normalized spacial score (nSPS) is 19.8. The van der Waals surface area contributed by atoms with Gasteiger partial charge in [0, 0.05) is 23.7 Å². The Balaban J connectivity index is 2.39. The number of amides is 2. The van der Waals surface area contributed by atoms with Crippen LogP contribution in [-0.4, -0.2) is 40.9 Å². The summed E-state index contributed by atoms with van der Waals surface area (Å²) in [5.41, 5.74) is 0.488. The quantitative estimate of drug-likeness (QED) is 0.817. The number of carbonyl (C=O) groups is 3. The zero-order valence-electron chi connectivity index (χ0n) is 11.4. The summed E-state index contributed by atoms with van der Waals surface area (Å²) in [5, 5.41) is 12.0. The Morgan fingerprint density at radius 2 is 2.10 bits per heavy atom. The molecule has 112 valence electrons. The van der Waals surface area contributed by atoms with Gasteiger partial charge in [0.1, 0.15) is 12.0 Å². The maximum absolute atomic E-state index is 12.3. The largest absolute Gasteiger partial charge is 0.481 e. The summed E-state index contributed by atoms with van der Waals surface area (Å²) in [4.78, 5) is 36.7. The average molecular weight is 311 g/mol. The first-order valence-electron chi connectivity index (χ1n) is 6.49. The molecule has 2 atom stereocenters. The Bertz CT molecular complexity index is 590. The van der Waals surface area contributed by atoms with Crippen molar-refractivity contribution in [3.8, 4) is 0 Å². The first kappa shape index (κ1) is 15.3. The lowest BCUT2D eigenvalue weighted by Crippen LogP contribution is -2.54. The molecule has 0 unspecified atom stereocenters. The van der Waals surface area contributed by atoms with Crippen LogP contribution in [0.15, 0.2) is 24.3 Å². The third-order valence-corrected chi connectivity index (χ3v) is 3.78. The van der Waals surface area contributed by atoms with Gasteiger partial charge in [0.15, 0.2) is 0 Å². The Labute approximate surface area is 126 Å². The Kier molecular flexibility index (Phi) is 4.47. The van der Waals surface area contributed by atoms with Crippen molar-refractivity contribution >= 4 is 29.4 Å². The summed E-state index contributed by atoms with van der Waals surface area (Å²) < 4.78 is 0. The van der Waals surface area contributed by atoms with E-state index in [4.69, 9.17) is 16.7 Å². The van der Waals surface area contributed by atoms with Gasteiger partial charge in [-0.25, -0.2) is 0 Å². The first-order chi connectivity index (χ1) is 9.93. The van der Waals surface area contributed by atoms with E-state index in [0.29, 0.717) is 10.6 Å².